The van der Waals surface area contributed by atoms with E-state index in [9.17, 15) is 17.2 Å². The minimum Gasteiger partial charge on any atom is -0.366 e. The summed E-state index contributed by atoms with van der Waals surface area (Å²) in [6.45, 7) is 0. The number of benzene rings is 2. The summed E-state index contributed by atoms with van der Waals surface area (Å²) < 4.78 is 54.7. The summed E-state index contributed by atoms with van der Waals surface area (Å²) in [7, 11) is -4.13. The van der Waals surface area contributed by atoms with Crippen LogP contribution in [-0.2, 0) is 10.0 Å². The number of nitriles is 1. The van der Waals surface area contributed by atoms with Crippen LogP contribution in [0.2, 0.25) is 0 Å². The van der Waals surface area contributed by atoms with Gasteiger partial charge in [-0.3, -0.25) is 4.72 Å². The lowest BCUT2D eigenvalue weighted by molar-refractivity contribution is 0.598. The van der Waals surface area contributed by atoms with E-state index in [1.807, 2.05) is 0 Å². The highest BCUT2D eigenvalue weighted by Gasteiger charge is 2.22. The Labute approximate surface area is 142 Å². The molecule has 0 aliphatic carbocycles. The van der Waals surface area contributed by atoms with Crippen molar-refractivity contribution in [3.05, 3.63) is 72.1 Å². The molecular formula is C17H11F2N3O2S. The first-order valence-corrected chi connectivity index (χ1v) is 8.54. The SMILES string of the molecule is N#Cc1ccc(NS(=O)(=O)c2c[nH]cc2-c2cccc(F)c2)c(F)c1. The minimum atomic E-state index is -4.13. The molecule has 3 rings (SSSR count). The number of hydrogen-bond donors (Lipinski definition) is 2. The van der Waals surface area contributed by atoms with E-state index in [2.05, 4.69) is 9.71 Å². The highest BCUT2D eigenvalue weighted by atomic mass is 32.2. The Bertz CT molecular complexity index is 1090. The predicted molar refractivity (Wildman–Crippen MR) is 88.1 cm³/mol. The second-order valence-corrected chi connectivity index (χ2v) is 6.81. The van der Waals surface area contributed by atoms with Crippen LogP contribution in [0.1, 0.15) is 5.56 Å². The molecule has 126 valence electrons. The fourth-order valence-electron chi connectivity index (χ4n) is 2.32. The summed E-state index contributed by atoms with van der Waals surface area (Å²) in [5, 5.41) is 8.73. The summed E-state index contributed by atoms with van der Waals surface area (Å²) in [4.78, 5) is 2.51. The molecule has 2 N–H and O–H groups in total. The zero-order chi connectivity index (χ0) is 18.0. The summed E-state index contributed by atoms with van der Waals surface area (Å²) in [5.41, 5.74) is 0.399. The molecule has 0 saturated carbocycles. The van der Waals surface area contributed by atoms with Crippen molar-refractivity contribution in [1.29, 1.82) is 5.26 Å². The zero-order valence-electron chi connectivity index (χ0n) is 12.6. The van der Waals surface area contributed by atoms with E-state index in [0.29, 0.717) is 5.56 Å². The monoisotopic (exact) mass is 359 g/mol. The zero-order valence-corrected chi connectivity index (χ0v) is 13.4. The van der Waals surface area contributed by atoms with E-state index in [-0.39, 0.29) is 21.7 Å². The van der Waals surface area contributed by atoms with Crippen LogP contribution in [0.5, 0.6) is 0 Å². The lowest BCUT2D eigenvalue weighted by atomic mass is 10.1. The molecule has 0 spiro atoms. The van der Waals surface area contributed by atoms with Crippen molar-refractivity contribution in [2.75, 3.05) is 4.72 Å². The van der Waals surface area contributed by atoms with Crippen LogP contribution >= 0.6 is 0 Å². The summed E-state index contributed by atoms with van der Waals surface area (Å²) in [6.07, 6.45) is 2.64. The van der Waals surface area contributed by atoms with Gasteiger partial charge < -0.3 is 4.98 Å². The molecular weight excluding hydrogens is 348 g/mol. The molecule has 5 nitrogen and oxygen atoms in total. The van der Waals surface area contributed by atoms with Gasteiger partial charge in [-0.2, -0.15) is 5.26 Å². The minimum absolute atomic E-state index is 0.0718. The van der Waals surface area contributed by atoms with Gasteiger partial charge in [0.1, 0.15) is 16.5 Å². The highest BCUT2D eigenvalue weighted by molar-refractivity contribution is 7.92. The van der Waals surface area contributed by atoms with Gasteiger partial charge in [-0.1, -0.05) is 12.1 Å². The molecule has 0 atom stereocenters. The molecule has 1 aromatic heterocycles. The molecule has 0 aliphatic rings. The number of aromatic amines is 1. The van der Waals surface area contributed by atoms with E-state index in [4.69, 9.17) is 5.26 Å². The summed E-state index contributed by atoms with van der Waals surface area (Å²) in [6, 6.07) is 10.6. The number of halogens is 2. The van der Waals surface area contributed by atoms with Crippen LogP contribution < -0.4 is 4.72 Å². The number of H-pyrrole nitrogens is 1. The second-order valence-electron chi connectivity index (χ2n) is 5.16. The fraction of sp³-hybridized carbons (Fsp3) is 0. The molecule has 0 aliphatic heterocycles. The Hall–Kier alpha value is -3.18. The number of rotatable bonds is 4. The quantitative estimate of drug-likeness (QED) is 0.746. The number of nitrogens with one attached hydrogen (secondary N) is 2. The fourth-order valence-corrected chi connectivity index (χ4v) is 3.58. The topological polar surface area (TPSA) is 85.8 Å². The maximum Gasteiger partial charge on any atom is 0.264 e. The second kappa shape index (κ2) is 6.37. The number of hydrogen-bond acceptors (Lipinski definition) is 3. The molecule has 8 heteroatoms. The van der Waals surface area contributed by atoms with Gasteiger partial charge in [0.15, 0.2) is 0 Å². The number of anilines is 1. The summed E-state index contributed by atoms with van der Waals surface area (Å²) in [5.74, 6) is -1.38. The predicted octanol–water partition coefficient (Wildman–Crippen LogP) is 3.63. The number of sulfonamides is 1. The van der Waals surface area contributed by atoms with Gasteiger partial charge in [-0.15, -0.1) is 0 Å². The van der Waals surface area contributed by atoms with Crippen LogP contribution in [0.4, 0.5) is 14.5 Å². The first kappa shape index (κ1) is 16.7. The van der Waals surface area contributed by atoms with Crippen molar-refractivity contribution in [1.82, 2.24) is 4.98 Å². The lowest BCUT2D eigenvalue weighted by Crippen LogP contribution is -2.14. The maximum absolute atomic E-state index is 14.0. The summed E-state index contributed by atoms with van der Waals surface area (Å²) >= 11 is 0. The Morgan fingerprint density at radius 1 is 1.08 bits per heavy atom. The van der Waals surface area contributed by atoms with Gasteiger partial charge in [0.05, 0.1) is 17.3 Å². The molecule has 25 heavy (non-hydrogen) atoms. The van der Waals surface area contributed by atoms with Gasteiger partial charge in [0.2, 0.25) is 0 Å². The standard InChI is InChI=1S/C17H11F2N3O2S/c18-13-3-1-2-12(7-13)14-9-21-10-17(14)25(23,24)22-16-5-4-11(8-20)6-15(16)19/h1-7,9-10,21-22H. The lowest BCUT2D eigenvalue weighted by Gasteiger charge is -2.10. The average Bonchev–Trinajstić information content (AvgIpc) is 3.07. The van der Waals surface area contributed by atoms with E-state index in [1.54, 1.807) is 12.1 Å². The van der Waals surface area contributed by atoms with Crippen molar-refractivity contribution >= 4 is 15.7 Å². The smallest absolute Gasteiger partial charge is 0.264 e. The van der Waals surface area contributed by atoms with E-state index >= 15 is 0 Å². The molecule has 0 radical (unpaired) electrons. The largest absolute Gasteiger partial charge is 0.366 e. The molecule has 0 saturated heterocycles. The van der Waals surface area contributed by atoms with Gasteiger partial charge in [0, 0.05) is 18.0 Å². The average molecular weight is 359 g/mol. The molecule has 0 bridgehead atoms. The Morgan fingerprint density at radius 2 is 1.88 bits per heavy atom. The van der Waals surface area contributed by atoms with E-state index < -0.39 is 21.7 Å². The van der Waals surface area contributed by atoms with Gasteiger partial charge in [0.25, 0.3) is 10.0 Å². The van der Waals surface area contributed by atoms with Crippen LogP contribution in [0.15, 0.2) is 59.8 Å². The molecule has 0 fully saturated rings. The van der Waals surface area contributed by atoms with Crippen LogP contribution in [-0.4, -0.2) is 13.4 Å². The Morgan fingerprint density at radius 3 is 2.56 bits per heavy atom. The van der Waals surface area contributed by atoms with Crippen molar-refractivity contribution < 1.29 is 17.2 Å². The third kappa shape index (κ3) is 3.36. The molecule has 0 amide bonds. The molecule has 2 aromatic carbocycles. The Kier molecular flexibility index (Phi) is 4.25. The molecule has 3 aromatic rings. The normalized spacial score (nSPS) is 11.1. The number of aromatic nitrogens is 1. The molecule has 0 unspecified atom stereocenters. The Balaban J connectivity index is 2.00. The first-order valence-electron chi connectivity index (χ1n) is 7.06. The van der Waals surface area contributed by atoms with Crippen molar-refractivity contribution in [2.24, 2.45) is 0 Å². The van der Waals surface area contributed by atoms with E-state index in [0.717, 1.165) is 6.07 Å². The van der Waals surface area contributed by atoms with Crippen LogP contribution in [0, 0.1) is 23.0 Å². The first-order chi connectivity index (χ1) is 11.9. The van der Waals surface area contributed by atoms with Crippen molar-refractivity contribution in [3.63, 3.8) is 0 Å². The van der Waals surface area contributed by atoms with Crippen LogP contribution in [0.25, 0.3) is 11.1 Å². The van der Waals surface area contributed by atoms with Gasteiger partial charge in [-0.05, 0) is 35.9 Å². The third-order valence-corrected chi connectivity index (χ3v) is 4.88. The van der Waals surface area contributed by atoms with Crippen molar-refractivity contribution in [2.45, 2.75) is 4.90 Å². The molecule has 1 heterocycles. The van der Waals surface area contributed by atoms with Crippen molar-refractivity contribution in [3.8, 4) is 17.2 Å². The van der Waals surface area contributed by atoms with Gasteiger partial charge >= 0.3 is 0 Å². The number of nitrogens with zero attached hydrogens (tertiary/aromatic N) is 1. The highest BCUT2D eigenvalue weighted by Crippen LogP contribution is 2.29. The van der Waals surface area contributed by atoms with Gasteiger partial charge in [-0.25, -0.2) is 17.2 Å². The maximum atomic E-state index is 14.0. The van der Waals surface area contributed by atoms with Crippen LogP contribution in [0.3, 0.4) is 0 Å². The third-order valence-electron chi connectivity index (χ3n) is 3.48. The van der Waals surface area contributed by atoms with E-state index in [1.165, 1.54) is 42.7 Å².